The molecule has 3 heterocycles. The molecule has 0 spiro atoms. The van der Waals surface area contributed by atoms with Gasteiger partial charge in [-0.3, -0.25) is 24.1 Å². The van der Waals surface area contributed by atoms with Crippen LogP contribution in [0.2, 0.25) is 0 Å². The summed E-state index contributed by atoms with van der Waals surface area (Å²) in [6.45, 7) is 1.35. The van der Waals surface area contributed by atoms with Crippen LogP contribution in [0.25, 0.3) is 0 Å². The van der Waals surface area contributed by atoms with Crippen molar-refractivity contribution in [2.75, 3.05) is 37.7 Å². The summed E-state index contributed by atoms with van der Waals surface area (Å²) in [5.74, 6) is -1.61. The zero-order chi connectivity index (χ0) is 26.6. The Kier molecular flexibility index (Phi) is 7.14. The van der Waals surface area contributed by atoms with Crippen molar-refractivity contribution in [1.29, 1.82) is 0 Å². The van der Waals surface area contributed by atoms with E-state index in [-0.39, 0.29) is 41.2 Å². The van der Waals surface area contributed by atoms with Gasteiger partial charge < -0.3 is 14.1 Å². The van der Waals surface area contributed by atoms with Crippen LogP contribution in [0.3, 0.4) is 0 Å². The fourth-order valence-electron chi connectivity index (χ4n) is 4.63. The second-order valence-corrected chi connectivity index (χ2v) is 9.00. The Morgan fingerprint density at radius 2 is 1.55 bits per heavy atom. The highest BCUT2D eigenvalue weighted by Gasteiger charge is 2.43. The van der Waals surface area contributed by atoms with Crippen LogP contribution in [0, 0.1) is 0 Å². The Hall–Kier alpha value is -4.57. The molecule has 38 heavy (non-hydrogen) atoms. The number of furan rings is 1. The van der Waals surface area contributed by atoms with Crippen molar-refractivity contribution in [3.8, 4) is 0 Å². The number of ether oxygens (including phenoxy) is 1. The van der Waals surface area contributed by atoms with Gasteiger partial charge in [0.05, 0.1) is 30.0 Å². The molecule has 194 valence electrons. The number of benzene rings is 2. The van der Waals surface area contributed by atoms with E-state index in [1.807, 2.05) is 4.90 Å². The van der Waals surface area contributed by atoms with Crippen molar-refractivity contribution < 1.29 is 33.1 Å². The first-order chi connectivity index (χ1) is 18.4. The molecular weight excluding hydrogens is 490 g/mol. The van der Waals surface area contributed by atoms with Crippen molar-refractivity contribution in [3.63, 3.8) is 0 Å². The minimum atomic E-state index is -0.681. The molecule has 0 bridgehead atoms. The Morgan fingerprint density at radius 1 is 0.842 bits per heavy atom. The van der Waals surface area contributed by atoms with E-state index in [1.165, 1.54) is 30.5 Å². The third-order valence-corrected chi connectivity index (χ3v) is 6.69. The van der Waals surface area contributed by atoms with Gasteiger partial charge in [-0.15, -0.1) is 0 Å². The molecule has 2 saturated heterocycles. The number of esters is 1. The molecule has 3 amide bonds. The van der Waals surface area contributed by atoms with Crippen molar-refractivity contribution in [2.24, 2.45) is 0 Å². The maximum absolute atomic E-state index is 13.2. The smallest absolute Gasteiger partial charge is 0.338 e. The van der Waals surface area contributed by atoms with E-state index in [2.05, 4.69) is 0 Å². The van der Waals surface area contributed by atoms with Crippen LogP contribution < -0.4 is 4.90 Å². The van der Waals surface area contributed by atoms with Crippen LogP contribution in [0.4, 0.5) is 5.69 Å². The summed E-state index contributed by atoms with van der Waals surface area (Å²) in [5.41, 5.74) is 0.996. The number of hydrogen-bond acceptors (Lipinski definition) is 8. The van der Waals surface area contributed by atoms with E-state index in [1.54, 1.807) is 47.4 Å². The Balaban J connectivity index is 1.17. The second-order valence-electron chi connectivity index (χ2n) is 9.00. The van der Waals surface area contributed by atoms with E-state index in [0.29, 0.717) is 37.4 Å². The van der Waals surface area contributed by atoms with E-state index < -0.39 is 18.6 Å². The summed E-state index contributed by atoms with van der Waals surface area (Å²) in [4.78, 5) is 67.7. The molecule has 2 aliphatic heterocycles. The van der Waals surface area contributed by atoms with E-state index >= 15 is 0 Å². The first-order valence-electron chi connectivity index (χ1n) is 12.2. The SMILES string of the molecule is O=C(COC(=O)c1ccc(N2C(=O)CC(N3CCN(C(=O)c4ccco4)CC3)C2=O)cc1)c1ccccc1. The standard InChI is InChI=1S/C28H25N3O7/c32-23(19-5-2-1-3-6-19)18-38-28(36)20-8-10-21(11-9-20)31-25(33)17-22(26(31)34)29-12-14-30(15-13-29)27(35)24-7-4-16-37-24/h1-11,16,22H,12-15,17-18H2. The van der Waals surface area contributed by atoms with Gasteiger partial charge in [-0.25, -0.2) is 9.69 Å². The molecule has 0 N–H and O–H groups in total. The molecular formula is C28H25N3O7. The number of carbonyl (C=O) groups excluding carboxylic acids is 5. The van der Waals surface area contributed by atoms with Crippen molar-refractivity contribution in [1.82, 2.24) is 9.80 Å². The summed E-state index contributed by atoms with van der Waals surface area (Å²) in [6.07, 6.45) is 1.49. The molecule has 0 aliphatic carbocycles. The molecule has 1 unspecified atom stereocenters. The monoisotopic (exact) mass is 515 g/mol. The van der Waals surface area contributed by atoms with Gasteiger partial charge in [0.1, 0.15) is 0 Å². The lowest BCUT2D eigenvalue weighted by atomic mass is 10.1. The number of piperazine rings is 1. The lowest BCUT2D eigenvalue weighted by molar-refractivity contribution is -0.123. The molecule has 2 aromatic carbocycles. The van der Waals surface area contributed by atoms with Crippen LogP contribution >= 0.6 is 0 Å². The highest BCUT2D eigenvalue weighted by atomic mass is 16.5. The average Bonchev–Trinajstić information content (AvgIpc) is 3.60. The molecule has 0 saturated carbocycles. The van der Waals surface area contributed by atoms with Crippen molar-refractivity contribution >= 4 is 35.2 Å². The molecule has 5 rings (SSSR count). The summed E-state index contributed by atoms with van der Waals surface area (Å²) in [6, 6.07) is 17.1. The number of amides is 3. The first kappa shape index (κ1) is 25.1. The predicted octanol–water partition coefficient (Wildman–Crippen LogP) is 2.41. The summed E-state index contributed by atoms with van der Waals surface area (Å²) in [5, 5.41) is 0. The molecule has 1 aromatic heterocycles. The highest BCUT2D eigenvalue weighted by Crippen LogP contribution is 2.27. The largest absolute Gasteiger partial charge is 0.459 e. The zero-order valence-corrected chi connectivity index (χ0v) is 20.4. The number of ketones is 1. The number of anilines is 1. The van der Waals surface area contributed by atoms with Gasteiger partial charge in [0.15, 0.2) is 18.2 Å². The molecule has 2 aliphatic rings. The molecule has 2 fully saturated rings. The summed E-state index contributed by atoms with van der Waals surface area (Å²) >= 11 is 0. The molecule has 10 nitrogen and oxygen atoms in total. The van der Waals surface area contributed by atoms with E-state index in [9.17, 15) is 24.0 Å². The van der Waals surface area contributed by atoms with Crippen LogP contribution in [0.5, 0.6) is 0 Å². The van der Waals surface area contributed by atoms with Gasteiger partial charge in [-0.1, -0.05) is 30.3 Å². The fourth-order valence-corrected chi connectivity index (χ4v) is 4.63. The average molecular weight is 516 g/mol. The Bertz CT molecular complexity index is 1340. The molecule has 10 heteroatoms. The topological polar surface area (TPSA) is 117 Å². The number of rotatable bonds is 7. The normalized spacial score (nSPS) is 18.1. The quantitative estimate of drug-likeness (QED) is 0.268. The lowest BCUT2D eigenvalue weighted by Gasteiger charge is -2.36. The number of imide groups is 1. The number of Topliss-reactive ketones (excluding diaryl/α,β-unsaturated/α-hetero) is 1. The molecule has 3 aromatic rings. The van der Waals surface area contributed by atoms with Gasteiger partial charge >= 0.3 is 5.97 Å². The van der Waals surface area contributed by atoms with Crippen LogP contribution in [0.1, 0.15) is 37.7 Å². The maximum Gasteiger partial charge on any atom is 0.338 e. The zero-order valence-electron chi connectivity index (χ0n) is 20.4. The van der Waals surface area contributed by atoms with Crippen LogP contribution in [-0.4, -0.2) is 78.1 Å². The van der Waals surface area contributed by atoms with Gasteiger partial charge in [0.2, 0.25) is 5.91 Å². The third-order valence-electron chi connectivity index (χ3n) is 6.69. The summed E-state index contributed by atoms with van der Waals surface area (Å²) in [7, 11) is 0. The van der Waals surface area contributed by atoms with E-state index in [4.69, 9.17) is 9.15 Å². The highest BCUT2D eigenvalue weighted by molar-refractivity contribution is 6.22. The van der Waals surface area contributed by atoms with E-state index in [0.717, 1.165) is 4.90 Å². The lowest BCUT2D eigenvalue weighted by Crippen LogP contribution is -2.53. The second kappa shape index (κ2) is 10.8. The van der Waals surface area contributed by atoms with Crippen molar-refractivity contribution in [3.05, 3.63) is 89.9 Å². The minimum absolute atomic E-state index is 0.0380. The maximum atomic E-state index is 13.2. The van der Waals surface area contributed by atoms with Gasteiger partial charge in [0, 0.05) is 31.7 Å². The Morgan fingerprint density at radius 3 is 2.21 bits per heavy atom. The molecule has 1 atom stereocenters. The van der Waals surface area contributed by atoms with Gasteiger partial charge in [-0.05, 0) is 36.4 Å². The minimum Gasteiger partial charge on any atom is -0.459 e. The van der Waals surface area contributed by atoms with Crippen molar-refractivity contribution in [2.45, 2.75) is 12.5 Å². The third kappa shape index (κ3) is 5.12. The van der Waals surface area contributed by atoms with Crippen LogP contribution in [-0.2, 0) is 14.3 Å². The number of hydrogen-bond donors (Lipinski definition) is 0. The predicted molar refractivity (Wildman–Crippen MR) is 135 cm³/mol. The fraction of sp³-hybridized carbons (Fsp3) is 0.250. The number of nitrogens with zero attached hydrogens (tertiary/aromatic N) is 3. The summed E-state index contributed by atoms with van der Waals surface area (Å²) < 4.78 is 10.3. The number of carbonyl (C=O) groups is 5. The molecule has 0 radical (unpaired) electrons. The van der Waals surface area contributed by atoms with Crippen LogP contribution in [0.15, 0.2) is 77.4 Å². The van der Waals surface area contributed by atoms with Gasteiger partial charge in [-0.2, -0.15) is 0 Å². The Labute approximate surface area is 218 Å². The van der Waals surface area contributed by atoms with Gasteiger partial charge in [0.25, 0.3) is 11.8 Å². The first-order valence-corrected chi connectivity index (χ1v) is 12.2.